The smallest absolute Gasteiger partial charge is 0.144 e. The van der Waals surface area contributed by atoms with Crippen LogP contribution in [0.5, 0.6) is 0 Å². The molecule has 1 aromatic heterocycles. The number of benzene rings is 2. The minimum Gasteiger partial charge on any atom is -0.299 e. The molecule has 3 nitrogen and oxygen atoms in total. The molecule has 3 rings (SSSR count). The Kier molecular flexibility index (Phi) is 9.05. The van der Waals surface area contributed by atoms with E-state index in [1.165, 1.54) is 22.3 Å². The average molecular weight is 404 g/mol. The van der Waals surface area contributed by atoms with Gasteiger partial charge < -0.3 is 0 Å². The molecule has 30 heavy (non-hydrogen) atoms. The first kappa shape index (κ1) is 25.2. The van der Waals surface area contributed by atoms with Crippen LogP contribution in [0.3, 0.4) is 0 Å². The normalized spacial score (nSPS) is 10.3. The quantitative estimate of drug-likeness (QED) is 0.440. The van der Waals surface area contributed by atoms with E-state index in [1.807, 2.05) is 52.2 Å². The van der Waals surface area contributed by atoms with E-state index in [0.29, 0.717) is 5.56 Å². The fraction of sp³-hybridized carbons (Fsp3) is 0.407. The average Bonchev–Trinajstić information content (AvgIpc) is 3.18. The van der Waals surface area contributed by atoms with E-state index in [2.05, 4.69) is 75.4 Å². The number of imidazole rings is 1. The number of hydrogen-bond acceptors (Lipinski definition) is 2. The largest absolute Gasteiger partial charge is 0.299 e. The summed E-state index contributed by atoms with van der Waals surface area (Å²) in [6, 6.07) is 12.6. The van der Waals surface area contributed by atoms with Crippen LogP contribution in [0.2, 0.25) is 0 Å². The number of aryl methyl sites for hydroxylation is 3. The van der Waals surface area contributed by atoms with Gasteiger partial charge in [-0.3, -0.25) is 4.57 Å². The molecule has 0 aliphatic heterocycles. The highest BCUT2D eigenvalue weighted by Gasteiger charge is 2.22. The third kappa shape index (κ3) is 5.39. The van der Waals surface area contributed by atoms with Crippen molar-refractivity contribution in [2.75, 3.05) is 0 Å². The van der Waals surface area contributed by atoms with Gasteiger partial charge >= 0.3 is 0 Å². The molecule has 0 fully saturated rings. The third-order valence-electron chi connectivity index (χ3n) is 4.71. The molecule has 2 aromatic carbocycles. The van der Waals surface area contributed by atoms with Gasteiger partial charge in [-0.1, -0.05) is 72.2 Å². The van der Waals surface area contributed by atoms with Crippen molar-refractivity contribution in [3.8, 4) is 23.1 Å². The molecule has 0 bridgehead atoms. The molecular weight excluding hydrogens is 366 g/mol. The number of nitrogens with zero attached hydrogens (tertiary/aromatic N) is 3. The number of hydrogen-bond donors (Lipinski definition) is 0. The number of aromatic nitrogens is 2. The molecule has 3 heteroatoms. The summed E-state index contributed by atoms with van der Waals surface area (Å²) in [5.41, 5.74) is 7.66. The van der Waals surface area contributed by atoms with Gasteiger partial charge in [0.25, 0.3) is 0 Å². The molecular formula is C27H37N3. The van der Waals surface area contributed by atoms with Crippen LogP contribution in [0.1, 0.15) is 76.3 Å². The maximum absolute atomic E-state index is 9.38. The van der Waals surface area contributed by atoms with E-state index < -0.39 is 0 Å². The van der Waals surface area contributed by atoms with Crippen molar-refractivity contribution in [2.45, 2.75) is 74.7 Å². The summed E-state index contributed by atoms with van der Waals surface area (Å²) >= 11 is 0. The van der Waals surface area contributed by atoms with Crippen molar-refractivity contribution in [1.29, 1.82) is 5.26 Å². The summed E-state index contributed by atoms with van der Waals surface area (Å²) in [6.45, 7) is 21.0. The summed E-state index contributed by atoms with van der Waals surface area (Å²) in [7, 11) is 0. The Bertz CT molecular complexity index is 988. The molecule has 1 heterocycles. The van der Waals surface area contributed by atoms with Crippen molar-refractivity contribution in [2.24, 2.45) is 0 Å². The van der Waals surface area contributed by atoms with Gasteiger partial charge in [-0.25, -0.2) is 4.98 Å². The van der Waals surface area contributed by atoms with Crippen molar-refractivity contribution in [3.05, 3.63) is 70.5 Å². The summed E-state index contributed by atoms with van der Waals surface area (Å²) in [6.07, 6.45) is 3.84. The predicted octanol–water partition coefficient (Wildman–Crippen LogP) is 7.69. The molecule has 0 amide bonds. The Morgan fingerprint density at radius 3 is 1.97 bits per heavy atom. The Balaban J connectivity index is 0.00000106. The second-order valence-electron chi connectivity index (χ2n) is 7.99. The van der Waals surface area contributed by atoms with Gasteiger partial charge in [0.15, 0.2) is 0 Å². The molecule has 0 saturated heterocycles. The van der Waals surface area contributed by atoms with E-state index >= 15 is 0 Å². The van der Waals surface area contributed by atoms with E-state index in [-0.39, 0.29) is 5.41 Å². The topological polar surface area (TPSA) is 41.6 Å². The van der Waals surface area contributed by atoms with E-state index in [0.717, 1.165) is 17.1 Å². The lowest BCUT2D eigenvalue weighted by Gasteiger charge is -2.24. The summed E-state index contributed by atoms with van der Waals surface area (Å²) in [5, 5.41) is 9.38. The van der Waals surface area contributed by atoms with E-state index in [9.17, 15) is 5.26 Å². The van der Waals surface area contributed by atoms with Crippen LogP contribution in [0, 0.1) is 32.1 Å². The van der Waals surface area contributed by atoms with Crippen LogP contribution in [0.15, 0.2) is 42.7 Å². The zero-order valence-corrected chi connectivity index (χ0v) is 20.4. The molecule has 0 spiro atoms. The third-order valence-corrected chi connectivity index (χ3v) is 4.71. The molecule has 0 aliphatic rings. The summed E-state index contributed by atoms with van der Waals surface area (Å²) in [4.78, 5) is 4.67. The van der Waals surface area contributed by atoms with Crippen molar-refractivity contribution in [3.63, 3.8) is 0 Å². The van der Waals surface area contributed by atoms with Crippen LogP contribution in [0.4, 0.5) is 0 Å². The highest BCUT2D eigenvalue weighted by atomic mass is 15.1. The molecule has 0 unspecified atom stereocenters. The fourth-order valence-electron chi connectivity index (χ4n) is 3.69. The Morgan fingerprint density at radius 2 is 1.47 bits per heavy atom. The first-order chi connectivity index (χ1) is 14.2. The molecule has 0 aliphatic carbocycles. The first-order valence-corrected chi connectivity index (χ1v) is 10.9. The Hall–Kier alpha value is -2.86. The number of rotatable bonds is 2. The Morgan fingerprint density at radius 1 is 0.900 bits per heavy atom. The summed E-state index contributed by atoms with van der Waals surface area (Å²) in [5.74, 6) is 0.877. The van der Waals surface area contributed by atoms with Crippen LogP contribution < -0.4 is 0 Å². The van der Waals surface area contributed by atoms with Crippen molar-refractivity contribution >= 4 is 0 Å². The van der Waals surface area contributed by atoms with Gasteiger partial charge in [-0.2, -0.15) is 5.26 Å². The van der Waals surface area contributed by atoms with Gasteiger partial charge in [0, 0.05) is 18.0 Å². The maximum Gasteiger partial charge on any atom is 0.144 e. The van der Waals surface area contributed by atoms with E-state index in [1.54, 1.807) is 0 Å². The monoisotopic (exact) mass is 403 g/mol. The lowest BCUT2D eigenvalue weighted by atomic mass is 9.83. The minimum absolute atomic E-state index is 0.0442. The molecule has 0 saturated carbocycles. The second-order valence-corrected chi connectivity index (χ2v) is 7.99. The molecule has 3 aromatic rings. The van der Waals surface area contributed by atoms with Crippen molar-refractivity contribution < 1.29 is 0 Å². The van der Waals surface area contributed by atoms with Crippen LogP contribution >= 0.6 is 0 Å². The summed E-state index contributed by atoms with van der Waals surface area (Å²) < 4.78 is 2.15. The van der Waals surface area contributed by atoms with Gasteiger partial charge in [0.05, 0.1) is 17.3 Å². The zero-order chi connectivity index (χ0) is 23.1. The van der Waals surface area contributed by atoms with Gasteiger partial charge in [-0.05, 0) is 55.0 Å². The van der Waals surface area contributed by atoms with Gasteiger partial charge in [-0.15, -0.1) is 0 Å². The fourth-order valence-corrected chi connectivity index (χ4v) is 3.69. The SMILES string of the molecule is CC.CC.Cc1cc(C)c(-n2ccnc2-c2cc(C#N)ccc2C(C)(C)C)c(C)c1. The minimum atomic E-state index is -0.0442. The maximum atomic E-state index is 9.38. The predicted molar refractivity (Wildman–Crippen MR) is 129 cm³/mol. The highest BCUT2D eigenvalue weighted by molar-refractivity contribution is 5.68. The highest BCUT2D eigenvalue weighted by Crippen LogP contribution is 2.35. The van der Waals surface area contributed by atoms with Crippen molar-refractivity contribution in [1.82, 2.24) is 9.55 Å². The standard InChI is InChI=1S/C23H25N3.2C2H6/c1-15-11-16(2)21(17(3)12-15)26-10-9-25-22(26)19-13-18(14-24)7-8-20(19)23(4,5)6;2*1-2/h7-13H,1-6H3;2*1-2H3. The lowest BCUT2D eigenvalue weighted by Crippen LogP contribution is -2.14. The molecule has 160 valence electrons. The number of nitriles is 1. The molecule has 0 radical (unpaired) electrons. The zero-order valence-electron chi connectivity index (χ0n) is 20.4. The first-order valence-electron chi connectivity index (χ1n) is 10.9. The van der Waals surface area contributed by atoms with Crippen LogP contribution in [0.25, 0.3) is 17.1 Å². The Labute approximate surface area is 183 Å². The lowest BCUT2D eigenvalue weighted by molar-refractivity contribution is 0.591. The molecule has 0 N–H and O–H groups in total. The van der Waals surface area contributed by atoms with E-state index in [4.69, 9.17) is 0 Å². The second kappa shape index (κ2) is 10.8. The van der Waals surface area contributed by atoms with Gasteiger partial charge in [0.2, 0.25) is 0 Å². The molecule has 0 atom stereocenters. The van der Waals surface area contributed by atoms with Crippen LogP contribution in [-0.4, -0.2) is 9.55 Å². The van der Waals surface area contributed by atoms with Gasteiger partial charge in [0.1, 0.15) is 5.82 Å². The van der Waals surface area contributed by atoms with Crippen LogP contribution in [-0.2, 0) is 5.41 Å².